The van der Waals surface area contributed by atoms with Crippen LogP contribution in [0.3, 0.4) is 0 Å². The van der Waals surface area contributed by atoms with E-state index in [4.69, 9.17) is 29.7 Å². The van der Waals surface area contributed by atoms with Crippen LogP contribution in [0.4, 0.5) is 0 Å². The van der Waals surface area contributed by atoms with Crippen LogP contribution in [0, 0.1) is 12.1 Å². The van der Waals surface area contributed by atoms with Crippen molar-refractivity contribution >= 4 is 11.0 Å². The molecule has 3 aromatic heterocycles. The van der Waals surface area contributed by atoms with Crippen LogP contribution in [0.15, 0.2) is 91.3 Å². The quantitative estimate of drug-likeness (QED) is 0.120. The van der Waals surface area contributed by atoms with Gasteiger partial charge in [-0.2, -0.15) is 0 Å². The second-order valence-corrected chi connectivity index (χ2v) is 25.5. The third-order valence-corrected chi connectivity index (χ3v) is 13.8. The summed E-state index contributed by atoms with van der Waals surface area (Å²) in [7, 11) is 0. The maximum atomic E-state index is 7.09. The molecule has 0 fully saturated rings. The van der Waals surface area contributed by atoms with Gasteiger partial charge in [-0.3, -0.25) is 9.97 Å². The molecule has 0 bridgehead atoms. The molecule has 390 valence electrons. The summed E-state index contributed by atoms with van der Waals surface area (Å²) in [6, 6.07) is 35.9. The van der Waals surface area contributed by atoms with E-state index in [-0.39, 0.29) is 54.6 Å². The fourth-order valence-corrected chi connectivity index (χ4v) is 9.45. The molecule has 8 aromatic rings. The van der Waals surface area contributed by atoms with Gasteiger partial charge in [0.15, 0.2) is 5.82 Å². The SMILES string of the molecule is CC(C)c1cc(-c2nc(C(C)(C)C)nc(C(C)(C)C)n2)cc(C(C)C)c1-n1ccnc1-c1[c-]c(Oc2[c-]c(-c3nc4ccccc4n3-c3c(C(C)C)cccc3C(C)C)cc(C(C)(C)C)c2)cc(C(C)(C)C)c1.[Pt+2]. The Kier molecular flexibility index (Phi) is 15.7. The van der Waals surface area contributed by atoms with Crippen LogP contribution >= 0.6 is 0 Å². The van der Waals surface area contributed by atoms with Crippen LogP contribution < -0.4 is 4.74 Å². The van der Waals surface area contributed by atoms with Gasteiger partial charge in [0.05, 0.1) is 22.7 Å². The molecule has 0 aliphatic heterocycles. The first-order chi connectivity index (χ1) is 34.0. The van der Waals surface area contributed by atoms with E-state index in [9.17, 15) is 0 Å². The van der Waals surface area contributed by atoms with Crippen LogP contribution in [-0.2, 0) is 42.7 Å². The first kappa shape index (κ1) is 56.0. The molecule has 9 heteroatoms. The number of ether oxygens (including phenoxy) is 1. The van der Waals surface area contributed by atoms with Gasteiger partial charge in [-0.25, -0.2) is 15.0 Å². The van der Waals surface area contributed by atoms with Crippen molar-refractivity contribution in [2.24, 2.45) is 0 Å². The summed E-state index contributed by atoms with van der Waals surface area (Å²) in [4.78, 5) is 25.8. The predicted octanol–water partition coefficient (Wildman–Crippen LogP) is 17.5. The zero-order chi connectivity index (χ0) is 53.3. The van der Waals surface area contributed by atoms with E-state index in [1.54, 1.807) is 0 Å². The number of nitrogens with zero attached hydrogens (tertiary/aromatic N) is 7. The molecule has 3 heterocycles. The van der Waals surface area contributed by atoms with Crippen molar-refractivity contribution < 1.29 is 25.8 Å². The van der Waals surface area contributed by atoms with Crippen molar-refractivity contribution in [3.8, 4) is 57.0 Å². The average molecular weight is 1170 g/mol. The van der Waals surface area contributed by atoms with Crippen LogP contribution in [-0.4, -0.2) is 34.1 Å². The molecular weight excluding hydrogens is 1090 g/mol. The molecule has 0 spiro atoms. The van der Waals surface area contributed by atoms with E-state index in [1.807, 2.05) is 6.20 Å². The number of para-hydroxylation sites is 3. The Balaban J connectivity index is 0.00000800. The average Bonchev–Trinajstić information content (AvgIpc) is 3.95. The standard InChI is InChI=1S/C65H79N7O.Pt/c1-38(2)49-24-23-25-50(39(3)4)56(49)72-54-27-22-21-26-53(54)67-59(72)44-31-46(63(12,13)14)37-48(33-44)73-47-32-43(30-45(36-47)62(9,10)11)58-66-28-29-71(58)55-51(40(5)6)34-42(35-52(55)41(7)8)57-68-60(64(15,16)17)70-61(69-57)65(18,19)20;/h21-31,34-41H,1-20H3;/q-2;+2. The Hall–Kier alpha value is -5.72. The van der Waals surface area contributed by atoms with Gasteiger partial charge >= 0.3 is 21.1 Å². The van der Waals surface area contributed by atoms with E-state index < -0.39 is 0 Å². The molecule has 5 aromatic carbocycles. The number of imidazole rings is 2. The summed E-state index contributed by atoms with van der Waals surface area (Å²) in [5.74, 6) is 6.00. The summed E-state index contributed by atoms with van der Waals surface area (Å²) in [5, 5.41) is 0. The summed E-state index contributed by atoms with van der Waals surface area (Å²) in [6.45, 7) is 44.5. The molecule has 0 radical (unpaired) electrons. The molecule has 74 heavy (non-hydrogen) atoms. The van der Waals surface area contributed by atoms with Crippen molar-refractivity contribution in [3.05, 3.63) is 148 Å². The van der Waals surface area contributed by atoms with Gasteiger partial charge in [0, 0.05) is 51.7 Å². The molecular formula is C65H79N7OPt. The van der Waals surface area contributed by atoms with Crippen molar-refractivity contribution in [2.75, 3.05) is 0 Å². The minimum absolute atomic E-state index is 0. The number of hydrogen-bond acceptors (Lipinski definition) is 6. The Bertz CT molecular complexity index is 3240. The van der Waals surface area contributed by atoms with E-state index in [1.165, 1.54) is 27.9 Å². The number of hydrogen-bond donors (Lipinski definition) is 0. The third kappa shape index (κ3) is 11.4. The van der Waals surface area contributed by atoms with Gasteiger partial charge in [0.2, 0.25) is 0 Å². The topological polar surface area (TPSA) is 83.5 Å². The zero-order valence-electron chi connectivity index (χ0n) is 47.8. The summed E-state index contributed by atoms with van der Waals surface area (Å²) < 4.78 is 11.7. The van der Waals surface area contributed by atoms with Crippen LogP contribution in [0.1, 0.15) is 207 Å². The van der Waals surface area contributed by atoms with E-state index >= 15 is 0 Å². The fourth-order valence-electron chi connectivity index (χ4n) is 9.45. The van der Waals surface area contributed by atoms with Crippen molar-refractivity contribution in [1.82, 2.24) is 34.1 Å². The number of fused-ring (bicyclic) bond motifs is 1. The number of rotatable bonds is 11. The molecule has 0 saturated carbocycles. The molecule has 0 aliphatic rings. The number of benzene rings is 5. The molecule has 0 saturated heterocycles. The number of aromatic nitrogens is 7. The maximum Gasteiger partial charge on any atom is 2.00 e. The minimum Gasteiger partial charge on any atom is -0.497 e. The Labute approximate surface area is 457 Å². The Morgan fingerprint density at radius 1 is 0.486 bits per heavy atom. The summed E-state index contributed by atoms with van der Waals surface area (Å²) in [6.07, 6.45) is 3.98. The van der Waals surface area contributed by atoms with Crippen molar-refractivity contribution in [1.29, 1.82) is 0 Å². The van der Waals surface area contributed by atoms with Gasteiger partial charge in [-0.15, -0.1) is 34.4 Å². The van der Waals surface area contributed by atoms with Crippen LogP contribution in [0.25, 0.3) is 56.6 Å². The zero-order valence-corrected chi connectivity index (χ0v) is 50.1. The van der Waals surface area contributed by atoms with E-state index in [0.29, 0.717) is 29.2 Å². The Morgan fingerprint density at radius 2 is 0.959 bits per heavy atom. The van der Waals surface area contributed by atoms with Crippen LogP contribution in [0.2, 0.25) is 0 Å². The second-order valence-electron chi connectivity index (χ2n) is 25.5. The minimum atomic E-state index is -0.252. The molecule has 8 rings (SSSR count). The largest absolute Gasteiger partial charge is 2.00 e. The van der Waals surface area contributed by atoms with Crippen molar-refractivity contribution in [2.45, 2.75) is 184 Å². The maximum absolute atomic E-state index is 7.09. The monoisotopic (exact) mass is 1170 g/mol. The molecule has 0 N–H and O–H groups in total. The van der Waals surface area contributed by atoms with E-state index in [0.717, 1.165) is 67.8 Å². The Morgan fingerprint density at radius 3 is 1.42 bits per heavy atom. The smallest absolute Gasteiger partial charge is 0.497 e. The molecule has 0 atom stereocenters. The van der Waals surface area contributed by atoms with Gasteiger partial charge < -0.3 is 13.9 Å². The summed E-state index contributed by atoms with van der Waals surface area (Å²) >= 11 is 0. The second kappa shape index (κ2) is 20.8. The van der Waals surface area contributed by atoms with Crippen molar-refractivity contribution in [3.63, 3.8) is 0 Å². The summed E-state index contributed by atoms with van der Waals surface area (Å²) in [5.41, 5.74) is 13.2. The predicted molar refractivity (Wildman–Crippen MR) is 303 cm³/mol. The first-order valence-electron chi connectivity index (χ1n) is 26.4. The van der Waals surface area contributed by atoms with Gasteiger partial charge in [-0.05, 0) is 81.0 Å². The van der Waals surface area contributed by atoms with Gasteiger partial charge in [0.25, 0.3) is 0 Å². The fraction of sp³-hybridized carbons (Fsp3) is 0.431. The molecule has 0 aliphatic carbocycles. The van der Waals surface area contributed by atoms with Crippen LogP contribution in [0.5, 0.6) is 11.5 Å². The van der Waals surface area contributed by atoms with Gasteiger partial charge in [0.1, 0.15) is 11.6 Å². The normalized spacial score (nSPS) is 12.7. The molecule has 0 amide bonds. The third-order valence-electron chi connectivity index (χ3n) is 13.8. The van der Waals surface area contributed by atoms with E-state index in [2.05, 4.69) is 245 Å². The van der Waals surface area contributed by atoms with Gasteiger partial charge in [-0.1, -0.05) is 193 Å². The molecule has 0 unspecified atom stereocenters. The molecule has 8 nitrogen and oxygen atoms in total. The first-order valence-corrected chi connectivity index (χ1v) is 26.4.